The molecule has 0 fully saturated rings. The number of hydrogen-bond acceptors (Lipinski definition) is 6. The van der Waals surface area contributed by atoms with Gasteiger partial charge in [0.05, 0.1) is 11.6 Å². The summed E-state index contributed by atoms with van der Waals surface area (Å²) in [7, 11) is 1.61. The summed E-state index contributed by atoms with van der Waals surface area (Å²) in [6.07, 6.45) is 5.65. The standard InChI is InChI=1S/C22H17N3O3S/c1-28-18-12-6-5-10-16(18)11-7-13-19-21(27)25-22(29-19)23-20(26)17(24-25)14-15-8-3-2-4-9-15/h2-13H,14H2,1H3/b11-7+,19-13-. The van der Waals surface area contributed by atoms with Crippen molar-refractivity contribution in [3.8, 4) is 5.75 Å². The van der Waals surface area contributed by atoms with Crippen LogP contribution in [0.1, 0.15) is 16.8 Å². The fourth-order valence-corrected chi connectivity index (χ4v) is 3.75. The van der Waals surface area contributed by atoms with E-state index in [0.29, 0.717) is 11.0 Å². The molecule has 2 aromatic heterocycles. The number of aromatic nitrogens is 3. The number of hydrogen-bond donors (Lipinski definition) is 0. The molecule has 4 rings (SSSR count). The summed E-state index contributed by atoms with van der Waals surface area (Å²) in [4.78, 5) is 29.3. The van der Waals surface area contributed by atoms with Gasteiger partial charge in [-0.1, -0.05) is 72.0 Å². The molecule has 0 aliphatic carbocycles. The van der Waals surface area contributed by atoms with E-state index in [1.165, 1.54) is 4.52 Å². The number of rotatable bonds is 5. The van der Waals surface area contributed by atoms with Crippen LogP contribution in [0.3, 0.4) is 0 Å². The lowest BCUT2D eigenvalue weighted by Crippen LogP contribution is -2.27. The van der Waals surface area contributed by atoms with Gasteiger partial charge in [0, 0.05) is 12.0 Å². The third-order valence-corrected chi connectivity index (χ3v) is 5.30. The van der Waals surface area contributed by atoms with Crippen LogP contribution in [0.5, 0.6) is 5.75 Å². The first-order chi connectivity index (χ1) is 14.2. The normalized spacial score (nSPS) is 12.1. The van der Waals surface area contributed by atoms with Gasteiger partial charge in [0.2, 0.25) is 4.96 Å². The molecule has 0 aliphatic rings. The van der Waals surface area contributed by atoms with E-state index in [2.05, 4.69) is 10.1 Å². The molecule has 7 heteroatoms. The molecule has 0 radical (unpaired) electrons. The number of ether oxygens (including phenoxy) is 1. The van der Waals surface area contributed by atoms with Crippen molar-refractivity contribution in [2.75, 3.05) is 7.11 Å². The molecule has 0 spiro atoms. The van der Waals surface area contributed by atoms with E-state index in [9.17, 15) is 9.59 Å². The Hall–Kier alpha value is -3.58. The highest BCUT2D eigenvalue weighted by atomic mass is 32.1. The summed E-state index contributed by atoms with van der Waals surface area (Å²) in [5, 5.41) is 4.26. The zero-order valence-corrected chi connectivity index (χ0v) is 16.4. The van der Waals surface area contributed by atoms with E-state index >= 15 is 0 Å². The minimum absolute atomic E-state index is 0.250. The number of benzene rings is 2. The molecule has 0 saturated heterocycles. The van der Waals surface area contributed by atoms with Gasteiger partial charge in [-0.2, -0.15) is 14.6 Å². The number of para-hydroxylation sites is 1. The Morgan fingerprint density at radius 3 is 2.62 bits per heavy atom. The van der Waals surface area contributed by atoms with Crippen molar-refractivity contribution in [3.63, 3.8) is 0 Å². The molecular weight excluding hydrogens is 386 g/mol. The Morgan fingerprint density at radius 2 is 1.83 bits per heavy atom. The average Bonchev–Trinajstić information content (AvgIpc) is 3.04. The molecule has 0 unspecified atom stereocenters. The first-order valence-corrected chi connectivity index (χ1v) is 9.75. The molecule has 2 aromatic carbocycles. The van der Waals surface area contributed by atoms with Gasteiger partial charge >= 0.3 is 0 Å². The summed E-state index contributed by atoms with van der Waals surface area (Å²) < 4.78 is 6.96. The molecular formula is C22H17N3O3S. The van der Waals surface area contributed by atoms with E-state index in [-0.39, 0.29) is 16.2 Å². The SMILES string of the molecule is COc1ccccc1/C=C/C=c1\sc2nc(=O)c(Cc3ccccc3)nn2c1=O. The van der Waals surface area contributed by atoms with Crippen LogP contribution in [0.25, 0.3) is 17.1 Å². The van der Waals surface area contributed by atoms with Crippen LogP contribution in [-0.2, 0) is 6.42 Å². The lowest BCUT2D eigenvalue weighted by atomic mass is 10.1. The second kappa shape index (κ2) is 8.20. The van der Waals surface area contributed by atoms with Crippen molar-refractivity contribution < 1.29 is 4.74 Å². The number of allylic oxidation sites excluding steroid dienone is 1. The van der Waals surface area contributed by atoms with Crippen molar-refractivity contribution >= 4 is 28.4 Å². The first-order valence-electron chi connectivity index (χ1n) is 8.94. The van der Waals surface area contributed by atoms with Crippen LogP contribution in [0.2, 0.25) is 0 Å². The van der Waals surface area contributed by atoms with Crippen molar-refractivity contribution in [2.45, 2.75) is 6.42 Å². The highest BCUT2D eigenvalue weighted by molar-refractivity contribution is 7.15. The highest BCUT2D eigenvalue weighted by Crippen LogP contribution is 2.18. The molecule has 0 aliphatic heterocycles. The van der Waals surface area contributed by atoms with Gasteiger partial charge in [-0.15, -0.1) is 0 Å². The minimum Gasteiger partial charge on any atom is -0.496 e. The fraction of sp³-hybridized carbons (Fsp3) is 0.0909. The molecule has 0 saturated carbocycles. The fourth-order valence-electron chi connectivity index (χ4n) is 2.90. The van der Waals surface area contributed by atoms with Gasteiger partial charge in [0.15, 0.2) is 0 Å². The van der Waals surface area contributed by atoms with E-state index in [0.717, 1.165) is 28.2 Å². The van der Waals surface area contributed by atoms with Crippen molar-refractivity contribution in [3.05, 3.63) is 103 Å². The smallest absolute Gasteiger partial charge is 0.296 e. The van der Waals surface area contributed by atoms with Gasteiger partial charge in [-0.05, 0) is 17.7 Å². The number of methoxy groups -OCH3 is 1. The Bertz CT molecular complexity index is 1360. The quantitative estimate of drug-likeness (QED) is 0.511. The Kier molecular flexibility index (Phi) is 5.31. The zero-order valence-electron chi connectivity index (χ0n) is 15.6. The molecule has 0 amide bonds. The van der Waals surface area contributed by atoms with Crippen LogP contribution in [0, 0.1) is 0 Å². The van der Waals surface area contributed by atoms with Gasteiger partial charge < -0.3 is 4.74 Å². The van der Waals surface area contributed by atoms with Crippen LogP contribution >= 0.6 is 11.3 Å². The summed E-state index contributed by atoms with van der Waals surface area (Å²) in [5.74, 6) is 0.745. The molecule has 0 bridgehead atoms. The summed E-state index contributed by atoms with van der Waals surface area (Å²) in [5.41, 5.74) is 1.38. The maximum atomic E-state index is 12.7. The molecule has 4 aromatic rings. The molecule has 29 heavy (non-hydrogen) atoms. The van der Waals surface area contributed by atoms with Gasteiger partial charge in [-0.3, -0.25) is 9.59 Å². The Labute approximate surface area is 170 Å². The molecule has 0 N–H and O–H groups in total. The monoisotopic (exact) mass is 403 g/mol. The maximum absolute atomic E-state index is 12.7. The third kappa shape index (κ3) is 4.00. The van der Waals surface area contributed by atoms with Gasteiger partial charge in [0.25, 0.3) is 11.1 Å². The second-order valence-corrected chi connectivity index (χ2v) is 7.27. The summed E-state index contributed by atoms with van der Waals surface area (Å²) in [6.45, 7) is 0. The third-order valence-electron chi connectivity index (χ3n) is 4.33. The summed E-state index contributed by atoms with van der Waals surface area (Å²) >= 11 is 1.14. The average molecular weight is 403 g/mol. The van der Waals surface area contributed by atoms with E-state index in [1.54, 1.807) is 19.3 Å². The lowest BCUT2D eigenvalue weighted by Gasteiger charge is -2.02. The van der Waals surface area contributed by atoms with Crippen LogP contribution in [0.4, 0.5) is 0 Å². The predicted molar refractivity (Wildman–Crippen MR) is 114 cm³/mol. The van der Waals surface area contributed by atoms with E-state index in [4.69, 9.17) is 4.74 Å². The van der Waals surface area contributed by atoms with Crippen LogP contribution < -0.4 is 20.4 Å². The second-order valence-electron chi connectivity index (χ2n) is 6.26. The highest BCUT2D eigenvalue weighted by Gasteiger charge is 2.11. The molecule has 0 atom stereocenters. The van der Waals surface area contributed by atoms with Crippen molar-refractivity contribution in [2.24, 2.45) is 0 Å². The number of fused-ring (bicyclic) bond motifs is 1. The van der Waals surface area contributed by atoms with E-state index < -0.39 is 5.56 Å². The van der Waals surface area contributed by atoms with Crippen LogP contribution in [0.15, 0.2) is 70.3 Å². The van der Waals surface area contributed by atoms with Gasteiger partial charge in [-0.25, -0.2) is 0 Å². The maximum Gasteiger partial charge on any atom is 0.296 e. The van der Waals surface area contributed by atoms with E-state index in [1.807, 2.05) is 60.7 Å². The number of thiazole rings is 1. The minimum atomic E-state index is -0.411. The van der Waals surface area contributed by atoms with Crippen LogP contribution in [-0.4, -0.2) is 21.7 Å². The largest absolute Gasteiger partial charge is 0.496 e. The van der Waals surface area contributed by atoms with Crippen molar-refractivity contribution in [1.29, 1.82) is 0 Å². The van der Waals surface area contributed by atoms with Crippen molar-refractivity contribution in [1.82, 2.24) is 14.6 Å². The molecule has 2 heterocycles. The molecule has 6 nitrogen and oxygen atoms in total. The Balaban J connectivity index is 1.70. The first kappa shape index (κ1) is 18.8. The summed E-state index contributed by atoms with van der Waals surface area (Å²) in [6, 6.07) is 17.1. The lowest BCUT2D eigenvalue weighted by molar-refractivity contribution is 0.414. The predicted octanol–water partition coefficient (Wildman–Crippen LogP) is 2.32. The molecule has 144 valence electrons. The number of nitrogens with zero attached hydrogens (tertiary/aromatic N) is 3. The zero-order chi connectivity index (χ0) is 20.2. The Morgan fingerprint density at radius 1 is 1.07 bits per heavy atom. The van der Waals surface area contributed by atoms with Gasteiger partial charge in [0.1, 0.15) is 11.4 Å². The topological polar surface area (TPSA) is 73.6 Å².